The Morgan fingerprint density at radius 1 is 1.10 bits per heavy atom. The van der Waals surface area contributed by atoms with Crippen LogP contribution in [0.5, 0.6) is 0 Å². The smallest absolute Gasteiger partial charge is 0.319 e. The number of hydrazine groups is 1. The van der Waals surface area contributed by atoms with E-state index >= 15 is 0 Å². The SMILES string of the molecule is Cc1ccc(NC(=O)NCC2CCCN(C(=O)C3CNNC3c3ccccc3)C2)cc1. The normalized spacial score (nSPS) is 23.4. The van der Waals surface area contributed by atoms with Crippen molar-refractivity contribution in [1.82, 2.24) is 21.1 Å². The summed E-state index contributed by atoms with van der Waals surface area (Å²) in [6, 6.07) is 17.6. The number of anilines is 1. The van der Waals surface area contributed by atoms with Gasteiger partial charge in [-0.25, -0.2) is 10.2 Å². The predicted molar refractivity (Wildman–Crippen MR) is 121 cm³/mol. The zero-order valence-corrected chi connectivity index (χ0v) is 17.9. The summed E-state index contributed by atoms with van der Waals surface area (Å²) < 4.78 is 0. The van der Waals surface area contributed by atoms with E-state index in [-0.39, 0.29) is 29.8 Å². The molecule has 0 aromatic heterocycles. The van der Waals surface area contributed by atoms with Crippen molar-refractivity contribution < 1.29 is 9.59 Å². The molecule has 7 nitrogen and oxygen atoms in total. The van der Waals surface area contributed by atoms with E-state index in [4.69, 9.17) is 0 Å². The van der Waals surface area contributed by atoms with E-state index in [0.29, 0.717) is 19.6 Å². The Bertz CT molecular complexity index is 887. The number of hydrogen-bond acceptors (Lipinski definition) is 4. The molecule has 2 heterocycles. The van der Waals surface area contributed by atoms with E-state index in [1.165, 1.54) is 0 Å². The van der Waals surface area contributed by atoms with Crippen molar-refractivity contribution in [1.29, 1.82) is 0 Å². The fraction of sp³-hybridized carbons (Fsp3) is 0.417. The number of likely N-dealkylation sites (tertiary alicyclic amines) is 1. The topological polar surface area (TPSA) is 85.5 Å². The minimum Gasteiger partial charge on any atom is -0.342 e. The number of carbonyl (C=O) groups is 2. The van der Waals surface area contributed by atoms with Gasteiger partial charge in [-0.1, -0.05) is 48.0 Å². The molecule has 0 radical (unpaired) electrons. The van der Waals surface area contributed by atoms with Gasteiger partial charge in [-0.3, -0.25) is 10.2 Å². The fourth-order valence-corrected chi connectivity index (χ4v) is 4.42. The summed E-state index contributed by atoms with van der Waals surface area (Å²) in [5.41, 5.74) is 9.46. The number of rotatable bonds is 5. The van der Waals surface area contributed by atoms with Crippen molar-refractivity contribution in [3.8, 4) is 0 Å². The first kappa shape index (κ1) is 21.3. The molecule has 3 unspecified atom stereocenters. The maximum atomic E-state index is 13.3. The van der Waals surface area contributed by atoms with E-state index in [1.807, 2.05) is 54.3 Å². The number of amides is 3. The van der Waals surface area contributed by atoms with E-state index in [1.54, 1.807) is 0 Å². The third-order valence-electron chi connectivity index (χ3n) is 6.15. The summed E-state index contributed by atoms with van der Waals surface area (Å²) in [4.78, 5) is 27.5. The molecule has 4 N–H and O–H groups in total. The van der Waals surface area contributed by atoms with Gasteiger partial charge in [0.1, 0.15) is 0 Å². The Kier molecular flexibility index (Phi) is 6.84. The van der Waals surface area contributed by atoms with Crippen LogP contribution in [0.2, 0.25) is 0 Å². The highest BCUT2D eigenvalue weighted by Gasteiger charge is 2.37. The summed E-state index contributed by atoms with van der Waals surface area (Å²) >= 11 is 0. The van der Waals surface area contributed by atoms with Crippen molar-refractivity contribution in [3.63, 3.8) is 0 Å². The summed E-state index contributed by atoms with van der Waals surface area (Å²) in [6.07, 6.45) is 1.97. The number of piperidine rings is 1. The molecule has 164 valence electrons. The second kappa shape index (κ2) is 9.94. The van der Waals surface area contributed by atoms with Gasteiger partial charge in [-0.15, -0.1) is 0 Å². The number of hydrogen-bond donors (Lipinski definition) is 4. The molecule has 3 amide bonds. The van der Waals surface area contributed by atoms with Crippen LogP contribution in [0, 0.1) is 18.8 Å². The van der Waals surface area contributed by atoms with Crippen LogP contribution in [0.1, 0.15) is 30.0 Å². The first-order valence-corrected chi connectivity index (χ1v) is 11.0. The number of carbonyl (C=O) groups excluding carboxylic acids is 2. The van der Waals surface area contributed by atoms with E-state index in [9.17, 15) is 9.59 Å². The number of urea groups is 1. The van der Waals surface area contributed by atoms with Crippen molar-refractivity contribution >= 4 is 17.6 Å². The van der Waals surface area contributed by atoms with Gasteiger partial charge in [0.15, 0.2) is 0 Å². The Labute approximate surface area is 183 Å². The predicted octanol–water partition coefficient (Wildman–Crippen LogP) is 2.82. The molecule has 4 rings (SSSR count). The Balaban J connectivity index is 1.29. The molecule has 2 saturated heterocycles. The summed E-state index contributed by atoms with van der Waals surface area (Å²) in [7, 11) is 0. The molecule has 0 saturated carbocycles. The molecule has 2 aromatic rings. The third-order valence-corrected chi connectivity index (χ3v) is 6.15. The van der Waals surface area contributed by atoms with Gasteiger partial charge >= 0.3 is 6.03 Å². The molecule has 2 aromatic carbocycles. The first-order valence-electron chi connectivity index (χ1n) is 11.0. The molecular weight excluding hydrogens is 390 g/mol. The van der Waals surface area contributed by atoms with Crippen molar-refractivity contribution in [2.75, 3.05) is 31.5 Å². The van der Waals surface area contributed by atoms with Crippen LogP contribution in [-0.2, 0) is 4.79 Å². The summed E-state index contributed by atoms with van der Waals surface area (Å²) in [5.74, 6) is 0.318. The van der Waals surface area contributed by atoms with Crippen LogP contribution in [0.4, 0.5) is 10.5 Å². The standard InChI is InChI=1S/C24H31N5O2/c1-17-9-11-20(12-10-17)27-24(31)25-14-18-6-5-13-29(16-18)23(30)21-15-26-28-22(21)19-7-3-2-4-8-19/h2-4,7-12,18,21-22,26,28H,5-6,13-16H2,1H3,(H2,25,27,31). The average molecular weight is 422 g/mol. The van der Waals surface area contributed by atoms with Crippen LogP contribution in [0.25, 0.3) is 0 Å². The molecule has 31 heavy (non-hydrogen) atoms. The minimum atomic E-state index is -0.208. The van der Waals surface area contributed by atoms with E-state index in [2.05, 4.69) is 33.6 Å². The van der Waals surface area contributed by atoms with Gasteiger partial charge in [-0.05, 0) is 43.4 Å². The highest BCUT2D eigenvalue weighted by molar-refractivity contribution is 5.89. The quantitative estimate of drug-likeness (QED) is 0.598. The molecule has 0 bridgehead atoms. The molecular formula is C24H31N5O2. The second-order valence-corrected chi connectivity index (χ2v) is 8.51. The lowest BCUT2D eigenvalue weighted by Gasteiger charge is -2.35. The number of benzene rings is 2. The van der Waals surface area contributed by atoms with E-state index < -0.39 is 0 Å². The maximum absolute atomic E-state index is 13.3. The first-order chi connectivity index (χ1) is 15.1. The maximum Gasteiger partial charge on any atom is 0.319 e. The van der Waals surface area contributed by atoms with Crippen LogP contribution in [-0.4, -0.2) is 43.0 Å². The average Bonchev–Trinajstić information content (AvgIpc) is 3.29. The highest BCUT2D eigenvalue weighted by Crippen LogP contribution is 2.28. The van der Waals surface area contributed by atoms with E-state index in [0.717, 1.165) is 36.2 Å². The van der Waals surface area contributed by atoms with Crippen LogP contribution in [0.15, 0.2) is 54.6 Å². The molecule has 0 spiro atoms. The third kappa shape index (κ3) is 5.42. The van der Waals surface area contributed by atoms with Gasteiger partial charge < -0.3 is 15.5 Å². The monoisotopic (exact) mass is 421 g/mol. The summed E-state index contributed by atoms with van der Waals surface area (Å²) in [6.45, 7) is 4.66. The Morgan fingerprint density at radius 3 is 2.65 bits per heavy atom. The van der Waals surface area contributed by atoms with Gasteiger partial charge in [0, 0.05) is 31.9 Å². The molecule has 2 aliphatic rings. The fourth-order valence-electron chi connectivity index (χ4n) is 4.42. The second-order valence-electron chi connectivity index (χ2n) is 8.51. The van der Waals surface area contributed by atoms with Crippen LogP contribution in [0.3, 0.4) is 0 Å². The molecule has 0 aliphatic carbocycles. The van der Waals surface area contributed by atoms with Crippen molar-refractivity contribution in [2.24, 2.45) is 11.8 Å². The van der Waals surface area contributed by atoms with Gasteiger partial charge in [0.25, 0.3) is 0 Å². The van der Waals surface area contributed by atoms with Crippen LogP contribution >= 0.6 is 0 Å². The largest absolute Gasteiger partial charge is 0.342 e. The number of aryl methyl sites for hydroxylation is 1. The number of nitrogens with zero attached hydrogens (tertiary/aromatic N) is 1. The lowest BCUT2D eigenvalue weighted by Crippen LogP contribution is -2.47. The van der Waals surface area contributed by atoms with Gasteiger partial charge in [-0.2, -0.15) is 0 Å². The lowest BCUT2D eigenvalue weighted by molar-refractivity contribution is -0.137. The molecule has 2 aliphatic heterocycles. The Hall–Kier alpha value is -2.90. The van der Waals surface area contributed by atoms with Crippen LogP contribution < -0.4 is 21.5 Å². The summed E-state index contributed by atoms with van der Waals surface area (Å²) in [5, 5.41) is 5.83. The zero-order valence-electron chi connectivity index (χ0n) is 17.9. The minimum absolute atomic E-state index is 0.0208. The van der Waals surface area contributed by atoms with Gasteiger partial charge in [0.2, 0.25) is 5.91 Å². The Morgan fingerprint density at radius 2 is 1.87 bits per heavy atom. The number of nitrogens with one attached hydrogen (secondary N) is 4. The van der Waals surface area contributed by atoms with Crippen molar-refractivity contribution in [2.45, 2.75) is 25.8 Å². The van der Waals surface area contributed by atoms with Crippen molar-refractivity contribution in [3.05, 3.63) is 65.7 Å². The zero-order chi connectivity index (χ0) is 21.6. The molecule has 2 fully saturated rings. The lowest BCUT2D eigenvalue weighted by atomic mass is 9.91. The highest BCUT2D eigenvalue weighted by atomic mass is 16.2. The molecule has 3 atom stereocenters. The van der Waals surface area contributed by atoms with Gasteiger partial charge in [0.05, 0.1) is 12.0 Å². The molecule has 7 heteroatoms.